The summed E-state index contributed by atoms with van der Waals surface area (Å²) in [5.41, 5.74) is 9.43. The minimum Gasteiger partial charge on any atom is -0.437 e. The maximum atomic E-state index is 6.16. The largest absolute Gasteiger partial charge is 0.437 e. The number of nitrogen functional groups attached to an aromatic ring is 1. The van der Waals surface area contributed by atoms with Crippen molar-refractivity contribution >= 4 is 28.8 Å². The Bertz CT molecular complexity index is 883. The predicted molar refractivity (Wildman–Crippen MR) is 97.2 cm³/mol. The zero-order valence-corrected chi connectivity index (χ0v) is 14.1. The number of halogens is 1. The number of benzene rings is 2. The van der Waals surface area contributed by atoms with Gasteiger partial charge in [-0.2, -0.15) is 4.98 Å². The van der Waals surface area contributed by atoms with Crippen LogP contribution in [0, 0.1) is 13.8 Å². The monoisotopic (exact) mass is 340 g/mol. The molecule has 0 amide bonds. The zero-order valence-electron chi connectivity index (χ0n) is 13.4. The number of hydrogen-bond donors (Lipinski definition) is 2. The summed E-state index contributed by atoms with van der Waals surface area (Å²) >= 11 is 6.03. The molecule has 0 aliphatic heterocycles. The normalized spacial score (nSPS) is 10.5. The van der Waals surface area contributed by atoms with E-state index in [9.17, 15) is 0 Å². The lowest BCUT2D eigenvalue weighted by atomic mass is 10.2. The summed E-state index contributed by atoms with van der Waals surface area (Å²) in [5.74, 6) is 1.41. The van der Waals surface area contributed by atoms with Gasteiger partial charge in [0.2, 0.25) is 5.88 Å². The smallest absolute Gasteiger partial charge is 0.248 e. The summed E-state index contributed by atoms with van der Waals surface area (Å²) in [6.45, 7) is 3.91. The molecular weight excluding hydrogens is 324 g/mol. The highest BCUT2D eigenvalue weighted by molar-refractivity contribution is 6.31. The van der Waals surface area contributed by atoms with Gasteiger partial charge in [0.15, 0.2) is 5.82 Å². The van der Waals surface area contributed by atoms with Gasteiger partial charge < -0.3 is 15.8 Å². The van der Waals surface area contributed by atoms with E-state index in [4.69, 9.17) is 22.1 Å². The number of nitrogens with one attached hydrogen (secondary N) is 1. The predicted octanol–water partition coefficient (Wildman–Crippen LogP) is 4.86. The molecule has 24 heavy (non-hydrogen) atoms. The number of rotatable bonds is 4. The molecule has 3 N–H and O–H groups in total. The lowest BCUT2D eigenvalue weighted by Gasteiger charge is -2.13. The molecule has 1 heterocycles. The van der Waals surface area contributed by atoms with Crippen LogP contribution in [-0.2, 0) is 0 Å². The molecule has 1 aromatic heterocycles. The van der Waals surface area contributed by atoms with Crippen molar-refractivity contribution in [2.75, 3.05) is 11.1 Å². The van der Waals surface area contributed by atoms with Crippen molar-refractivity contribution in [1.29, 1.82) is 0 Å². The van der Waals surface area contributed by atoms with Crippen molar-refractivity contribution in [1.82, 2.24) is 9.97 Å². The molecule has 0 saturated carbocycles. The van der Waals surface area contributed by atoms with Crippen LogP contribution in [0.1, 0.15) is 11.1 Å². The fourth-order valence-corrected chi connectivity index (χ4v) is 2.31. The number of anilines is 3. The molecule has 2 aromatic carbocycles. The Balaban J connectivity index is 1.88. The quantitative estimate of drug-likeness (QED) is 0.709. The molecule has 5 nitrogen and oxygen atoms in total. The van der Waals surface area contributed by atoms with E-state index in [0.29, 0.717) is 28.2 Å². The topological polar surface area (TPSA) is 73.1 Å². The Morgan fingerprint density at radius 1 is 1.04 bits per heavy atom. The van der Waals surface area contributed by atoms with Gasteiger partial charge in [0.1, 0.15) is 17.8 Å². The van der Waals surface area contributed by atoms with Crippen molar-refractivity contribution in [3.63, 3.8) is 0 Å². The van der Waals surface area contributed by atoms with Crippen LogP contribution < -0.4 is 15.8 Å². The maximum absolute atomic E-state index is 6.16. The summed E-state index contributed by atoms with van der Waals surface area (Å²) in [4.78, 5) is 8.32. The van der Waals surface area contributed by atoms with Crippen LogP contribution in [0.25, 0.3) is 0 Å². The second kappa shape index (κ2) is 6.76. The molecule has 0 bridgehead atoms. The molecule has 3 aromatic rings. The second-order valence-corrected chi connectivity index (χ2v) is 5.80. The molecule has 6 heteroatoms. The van der Waals surface area contributed by atoms with E-state index < -0.39 is 0 Å². The van der Waals surface area contributed by atoms with Gasteiger partial charge in [-0.15, -0.1) is 0 Å². The highest BCUT2D eigenvalue weighted by Gasteiger charge is 2.12. The summed E-state index contributed by atoms with van der Waals surface area (Å²) in [6, 6.07) is 13.3. The van der Waals surface area contributed by atoms with Crippen LogP contribution in [0.2, 0.25) is 5.02 Å². The van der Waals surface area contributed by atoms with Gasteiger partial charge in [0.25, 0.3) is 0 Å². The fraction of sp³-hybridized carbons (Fsp3) is 0.111. The summed E-state index contributed by atoms with van der Waals surface area (Å²) in [5, 5.41) is 3.89. The van der Waals surface area contributed by atoms with E-state index >= 15 is 0 Å². The van der Waals surface area contributed by atoms with Gasteiger partial charge >= 0.3 is 0 Å². The number of ether oxygens (including phenoxy) is 1. The Kier molecular flexibility index (Phi) is 4.53. The highest BCUT2D eigenvalue weighted by atomic mass is 35.5. The van der Waals surface area contributed by atoms with Crippen LogP contribution in [0.5, 0.6) is 11.6 Å². The first kappa shape index (κ1) is 16.1. The van der Waals surface area contributed by atoms with Crippen molar-refractivity contribution in [3.05, 3.63) is 64.9 Å². The zero-order chi connectivity index (χ0) is 17.1. The summed E-state index contributed by atoms with van der Waals surface area (Å²) in [6.07, 6.45) is 1.41. The first-order chi connectivity index (χ1) is 11.5. The molecular formula is C18H17ClN4O. The van der Waals surface area contributed by atoms with E-state index in [2.05, 4.69) is 15.3 Å². The molecule has 0 saturated heterocycles. The Morgan fingerprint density at radius 2 is 1.83 bits per heavy atom. The Hall–Kier alpha value is -2.79. The Labute approximate surface area is 145 Å². The molecule has 0 unspecified atom stereocenters. The van der Waals surface area contributed by atoms with Gasteiger partial charge in [0, 0.05) is 10.7 Å². The van der Waals surface area contributed by atoms with E-state index in [1.165, 1.54) is 6.33 Å². The minimum atomic E-state index is 0.294. The first-order valence-corrected chi connectivity index (χ1v) is 7.79. The van der Waals surface area contributed by atoms with Crippen molar-refractivity contribution in [2.24, 2.45) is 0 Å². The number of hydrogen-bond acceptors (Lipinski definition) is 5. The van der Waals surface area contributed by atoms with Crippen LogP contribution in [-0.4, -0.2) is 9.97 Å². The SMILES string of the molecule is Cc1cc(Oc2ncnc(Nc3ccccc3C)c2N)ccc1Cl. The summed E-state index contributed by atoms with van der Waals surface area (Å²) in [7, 11) is 0. The van der Waals surface area contributed by atoms with Crippen molar-refractivity contribution in [3.8, 4) is 11.6 Å². The number of nitrogens with zero attached hydrogens (tertiary/aromatic N) is 2. The molecule has 0 radical (unpaired) electrons. The molecule has 0 spiro atoms. The number of nitrogens with two attached hydrogens (primary N) is 1. The van der Waals surface area contributed by atoms with Gasteiger partial charge in [-0.1, -0.05) is 29.8 Å². The third kappa shape index (κ3) is 3.41. The number of aryl methyl sites for hydroxylation is 2. The van der Waals surface area contributed by atoms with Gasteiger partial charge in [-0.05, 0) is 49.2 Å². The van der Waals surface area contributed by atoms with Crippen LogP contribution >= 0.6 is 11.6 Å². The van der Waals surface area contributed by atoms with Crippen LogP contribution in [0.15, 0.2) is 48.8 Å². The van der Waals surface area contributed by atoms with Crippen LogP contribution in [0.4, 0.5) is 17.2 Å². The average Bonchev–Trinajstić information content (AvgIpc) is 2.57. The minimum absolute atomic E-state index is 0.294. The first-order valence-electron chi connectivity index (χ1n) is 7.41. The molecule has 122 valence electrons. The standard InChI is InChI=1S/C18H17ClN4O/c1-11-5-3-4-6-15(11)23-17-16(20)18(22-10-21-17)24-13-7-8-14(19)12(2)9-13/h3-10H,20H2,1-2H3,(H,21,22,23). The lowest BCUT2D eigenvalue weighted by Crippen LogP contribution is -2.03. The second-order valence-electron chi connectivity index (χ2n) is 5.39. The van der Waals surface area contributed by atoms with E-state index in [1.807, 2.05) is 44.2 Å². The third-order valence-electron chi connectivity index (χ3n) is 3.59. The molecule has 0 atom stereocenters. The van der Waals surface area contributed by atoms with Gasteiger partial charge in [0.05, 0.1) is 0 Å². The van der Waals surface area contributed by atoms with Crippen LogP contribution in [0.3, 0.4) is 0 Å². The molecule has 0 aliphatic carbocycles. The Morgan fingerprint density at radius 3 is 2.58 bits per heavy atom. The summed E-state index contributed by atoms with van der Waals surface area (Å²) < 4.78 is 5.78. The highest BCUT2D eigenvalue weighted by Crippen LogP contribution is 2.32. The number of aromatic nitrogens is 2. The van der Waals surface area contributed by atoms with Crippen molar-refractivity contribution < 1.29 is 4.74 Å². The third-order valence-corrected chi connectivity index (χ3v) is 4.01. The van der Waals surface area contributed by atoms with E-state index in [1.54, 1.807) is 12.1 Å². The maximum Gasteiger partial charge on any atom is 0.248 e. The van der Waals surface area contributed by atoms with Crippen molar-refractivity contribution in [2.45, 2.75) is 13.8 Å². The fourth-order valence-electron chi connectivity index (χ4n) is 2.19. The lowest BCUT2D eigenvalue weighted by molar-refractivity contribution is 0.464. The van der Waals surface area contributed by atoms with Gasteiger partial charge in [-0.25, -0.2) is 4.98 Å². The number of para-hydroxylation sites is 1. The van der Waals surface area contributed by atoms with E-state index in [0.717, 1.165) is 16.8 Å². The van der Waals surface area contributed by atoms with Gasteiger partial charge in [-0.3, -0.25) is 0 Å². The molecule has 0 fully saturated rings. The average molecular weight is 341 g/mol. The molecule has 3 rings (SSSR count). The van der Waals surface area contributed by atoms with E-state index in [-0.39, 0.29) is 0 Å². The molecule has 0 aliphatic rings.